The molecule has 0 aromatic carbocycles. The lowest BCUT2D eigenvalue weighted by Gasteiger charge is -2.28. The number of rotatable bonds is 7. The van der Waals surface area contributed by atoms with E-state index in [1.807, 2.05) is 4.90 Å². The van der Waals surface area contributed by atoms with Gasteiger partial charge in [-0.25, -0.2) is 0 Å². The van der Waals surface area contributed by atoms with E-state index in [4.69, 9.17) is 0 Å². The van der Waals surface area contributed by atoms with Crippen molar-refractivity contribution in [3.8, 4) is 0 Å². The van der Waals surface area contributed by atoms with E-state index in [1.165, 1.54) is 4.90 Å². The maximum absolute atomic E-state index is 12.5. The standard InChI is InChI=1S/C16H29F3N4O.2ClH/c1-2-21(13-16(17,18)19)11-14-3-7-22(12-14)8-4-15(24)23-9-5-20-6-10-23;;/h14,20H,2-13H2,1H3;2*1H. The van der Waals surface area contributed by atoms with Crippen molar-refractivity contribution < 1.29 is 18.0 Å². The van der Waals surface area contributed by atoms with Crippen LogP contribution in [0.15, 0.2) is 0 Å². The van der Waals surface area contributed by atoms with Gasteiger partial charge in [-0.05, 0) is 25.4 Å². The summed E-state index contributed by atoms with van der Waals surface area (Å²) in [5.74, 6) is 0.453. The lowest BCUT2D eigenvalue weighted by atomic mass is 10.1. The molecule has 2 heterocycles. The Morgan fingerprint density at radius 2 is 1.85 bits per heavy atom. The first-order valence-corrected chi connectivity index (χ1v) is 8.87. The zero-order chi connectivity index (χ0) is 17.6. The Morgan fingerprint density at radius 1 is 1.19 bits per heavy atom. The van der Waals surface area contributed by atoms with Crippen LogP contribution in [0.1, 0.15) is 19.8 Å². The smallest absolute Gasteiger partial charge is 0.340 e. The lowest BCUT2D eigenvalue weighted by molar-refractivity contribution is -0.146. The van der Waals surface area contributed by atoms with Crippen LogP contribution < -0.4 is 5.32 Å². The van der Waals surface area contributed by atoms with Gasteiger partial charge in [0.1, 0.15) is 0 Å². The van der Waals surface area contributed by atoms with Crippen LogP contribution in [-0.4, -0.2) is 92.2 Å². The molecule has 1 atom stereocenters. The predicted octanol–water partition coefficient (Wildman–Crippen LogP) is 1.86. The number of likely N-dealkylation sites (tertiary alicyclic amines) is 1. The van der Waals surface area contributed by atoms with Crippen LogP contribution >= 0.6 is 24.8 Å². The van der Waals surface area contributed by atoms with Crippen molar-refractivity contribution in [3.05, 3.63) is 0 Å². The van der Waals surface area contributed by atoms with Crippen LogP contribution in [-0.2, 0) is 4.79 Å². The van der Waals surface area contributed by atoms with Crippen LogP contribution in [0.2, 0.25) is 0 Å². The van der Waals surface area contributed by atoms with Crippen molar-refractivity contribution in [2.24, 2.45) is 5.92 Å². The second-order valence-electron chi connectivity index (χ2n) is 6.78. The molecule has 0 radical (unpaired) electrons. The van der Waals surface area contributed by atoms with Crippen molar-refractivity contribution in [1.29, 1.82) is 0 Å². The number of nitrogens with zero attached hydrogens (tertiary/aromatic N) is 3. The summed E-state index contributed by atoms with van der Waals surface area (Å²) in [6, 6.07) is 0. The molecule has 10 heteroatoms. The molecule has 0 saturated carbocycles. The van der Waals surface area contributed by atoms with Gasteiger partial charge in [0.2, 0.25) is 5.91 Å². The molecule has 0 aromatic rings. The van der Waals surface area contributed by atoms with Gasteiger partial charge in [-0.3, -0.25) is 9.69 Å². The molecule has 0 aliphatic carbocycles. The van der Waals surface area contributed by atoms with Gasteiger partial charge in [0.05, 0.1) is 6.54 Å². The molecule has 2 fully saturated rings. The minimum absolute atomic E-state index is 0. The molecule has 2 aliphatic heterocycles. The number of amides is 1. The van der Waals surface area contributed by atoms with Gasteiger partial charge < -0.3 is 15.1 Å². The van der Waals surface area contributed by atoms with Crippen LogP contribution in [0.25, 0.3) is 0 Å². The Hall–Kier alpha value is -0.280. The summed E-state index contributed by atoms with van der Waals surface area (Å²) in [6.07, 6.45) is -2.72. The Bertz CT molecular complexity index is 409. The fraction of sp³-hybridized carbons (Fsp3) is 0.938. The maximum atomic E-state index is 12.5. The Morgan fingerprint density at radius 3 is 2.42 bits per heavy atom. The molecule has 2 aliphatic rings. The average molecular weight is 423 g/mol. The summed E-state index contributed by atoms with van der Waals surface area (Å²) >= 11 is 0. The quantitative estimate of drug-likeness (QED) is 0.679. The summed E-state index contributed by atoms with van der Waals surface area (Å²) in [5, 5.41) is 3.22. The molecule has 1 unspecified atom stereocenters. The monoisotopic (exact) mass is 422 g/mol. The second-order valence-corrected chi connectivity index (χ2v) is 6.78. The SMILES string of the molecule is CCN(CC1CCN(CCC(=O)N2CCNCC2)C1)CC(F)(F)F.Cl.Cl. The van der Waals surface area contributed by atoms with E-state index in [2.05, 4.69) is 10.2 Å². The zero-order valence-electron chi connectivity index (χ0n) is 15.3. The van der Waals surface area contributed by atoms with E-state index >= 15 is 0 Å². The van der Waals surface area contributed by atoms with Crippen LogP contribution in [0, 0.1) is 5.92 Å². The van der Waals surface area contributed by atoms with Gasteiger partial charge in [0.25, 0.3) is 0 Å². The largest absolute Gasteiger partial charge is 0.401 e. The van der Waals surface area contributed by atoms with E-state index in [-0.39, 0.29) is 36.6 Å². The summed E-state index contributed by atoms with van der Waals surface area (Å²) in [6.45, 7) is 7.46. The predicted molar refractivity (Wildman–Crippen MR) is 101 cm³/mol. The van der Waals surface area contributed by atoms with Gasteiger partial charge in [0, 0.05) is 52.2 Å². The van der Waals surface area contributed by atoms with Crippen molar-refractivity contribution in [1.82, 2.24) is 20.0 Å². The molecule has 0 bridgehead atoms. The highest BCUT2D eigenvalue weighted by Crippen LogP contribution is 2.21. The molecule has 2 saturated heterocycles. The minimum atomic E-state index is -4.13. The topological polar surface area (TPSA) is 38.8 Å². The van der Waals surface area contributed by atoms with Crippen LogP contribution in [0.5, 0.6) is 0 Å². The highest BCUT2D eigenvalue weighted by Gasteiger charge is 2.32. The maximum Gasteiger partial charge on any atom is 0.401 e. The molecule has 0 aromatic heterocycles. The van der Waals surface area contributed by atoms with Crippen molar-refractivity contribution in [2.75, 3.05) is 65.4 Å². The van der Waals surface area contributed by atoms with E-state index in [0.717, 1.165) is 45.7 Å². The normalized spacial score (nSPS) is 21.4. The third-order valence-corrected chi connectivity index (χ3v) is 4.85. The fourth-order valence-corrected chi connectivity index (χ4v) is 3.52. The molecule has 26 heavy (non-hydrogen) atoms. The third kappa shape index (κ3) is 9.08. The van der Waals surface area contributed by atoms with Gasteiger partial charge in [-0.15, -0.1) is 24.8 Å². The second kappa shape index (κ2) is 12.2. The Kier molecular flexibility index (Phi) is 12.1. The molecule has 5 nitrogen and oxygen atoms in total. The van der Waals surface area contributed by atoms with Gasteiger partial charge in [0.15, 0.2) is 0 Å². The fourth-order valence-electron chi connectivity index (χ4n) is 3.52. The molecule has 2 rings (SSSR count). The first-order chi connectivity index (χ1) is 11.4. The third-order valence-electron chi connectivity index (χ3n) is 4.85. The summed E-state index contributed by atoms with van der Waals surface area (Å²) in [5.41, 5.74) is 0. The molecular weight excluding hydrogens is 392 g/mol. The number of nitrogens with one attached hydrogen (secondary N) is 1. The van der Waals surface area contributed by atoms with Gasteiger partial charge >= 0.3 is 6.18 Å². The van der Waals surface area contributed by atoms with Crippen LogP contribution in [0.3, 0.4) is 0 Å². The molecular formula is C16H31Cl2F3N4O. The van der Waals surface area contributed by atoms with E-state index in [9.17, 15) is 18.0 Å². The molecule has 1 N–H and O–H groups in total. The highest BCUT2D eigenvalue weighted by molar-refractivity contribution is 5.85. The number of carbonyl (C=O) groups is 1. The summed E-state index contributed by atoms with van der Waals surface area (Å²) in [7, 11) is 0. The molecule has 1 amide bonds. The van der Waals surface area contributed by atoms with E-state index < -0.39 is 12.7 Å². The van der Waals surface area contributed by atoms with Gasteiger partial charge in [-0.1, -0.05) is 6.92 Å². The number of hydrogen-bond acceptors (Lipinski definition) is 4. The van der Waals surface area contributed by atoms with Crippen molar-refractivity contribution in [2.45, 2.75) is 25.9 Å². The average Bonchev–Trinajstić information content (AvgIpc) is 2.99. The Balaban J connectivity index is 0.00000312. The summed E-state index contributed by atoms with van der Waals surface area (Å²) in [4.78, 5) is 17.7. The minimum Gasteiger partial charge on any atom is -0.340 e. The lowest BCUT2D eigenvalue weighted by Crippen LogP contribution is -2.47. The summed E-state index contributed by atoms with van der Waals surface area (Å²) < 4.78 is 37.6. The van der Waals surface area contributed by atoms with Crippen molar-refractivity contribution in [3.63, 3.8) is 0 Å². The number of hydrogen-bond donors (Lipinski definition) is 1. The van der Waals surface area contributed by atoms with Crippen molar-refractivity contribution >= 4 is 30.7 Å². The highest BCUT2D eigenvalue weighted by atomic mass is 35.5. The first-order valence-electron chi connectivity index (χ1n) is 8.87. The number of halogens is 5. The van der Waals surface area contributed by atoms with Gasteiger partial charge in [-0.2, -0.15) is 13.2 Å². The Labute approximate surface area is 166 Å². The van der Waals surface area contributed by atoms with E-state index in [0.29, 0.717) is 26.1 Å². The molecule has 156 valence electrons. The number of carbonyl (C=O) groups excluding carboxylic acids is 1. The van der Waals surface area contributed by atoms with E-state index in [1.54, 1.807) is 6.92 Å². The number of alkyl halides is 3. The molecule has 0 spiro atoms. The first kappa shape index (κ1) is 25.7. The van der Waals surface area contributed by atoms with Crippen LogP contribution in [0.4, 0.5) is 13.2 Å². The zero-order valence-corrected chi connectivity index (χ0v) is 16.9. The number of piperazine rings is 1.